The van der Waals surface area contributed by atoms with Gasteiger partial charge in [0.2, 0.25) is 0 Å². The number of carbonyl (C=O) groups excluding carboxylic acids is 1. The molecule has 1 N–H and O–H groups in total. The number of hydrogen-bond acceptors (Lipinski definition) is 4. The minimum absolute atomic E-state index is 0.296. The number of amides is 1. The van der Waals surface area contributed by atoms with Crippen LogP contribution in [0.1, 0.15) is 13.3 Å². The van der Waals surface area contributed by atoms with Gasteiger partial charge >= 0.3 is 0 Å². The molecule has 6 heteroatoms. The fourth-order valence-corrected chi connectivity index (χ4v) is 2.85. The molecule has 150 valence electrons. The highest BCUT2D eigenvalue weighted by Gasteiger charge is 2.20. The minimum Gasteiger partial charge on any atom is -0.497 e. The smallest absolute Gasteiger partial charge is 0.265 e. The zero-order chi connectivity index (χ0) is 20.6. The summed E-state index contributed by atoms with van der Waals surface area (Å²) in [6.45, 7) is 1.88. The fourth-order valence-electron chi connectivity index (χ4n) is 2.68. The quantitative estimate of drug-likeness (QED) is 0.498. The van der Waals surface area contributed by atoms with E-state index in [9.17, 15) is 4.79 Å². The lowest BCUT2D eigenvalue weighted by Crippen LogP contribution is -2.32. The number of hydrogen-bond donors (Lipinski definition) is 1. The van der Waals surface area contributed by atoms with Crippen LogP contribution in [0.25, 0.3) is 0 Å². The van der Waals surface area contributed by atoms with E-state index < -0.39 is 6.10 Å². The first-order valence-corrected chi connectivity index (χ1v) is 9.61. The second kappa shape index (κ2) is 9.85. The van der Waals surface area contributed by atoms with E-state index in [1.807, 2.05) is 49.4 Å². The molecule has 3 rings (SSSR count). The molecule has 0 bridgehead atoms. The summed E-state index contributed by atoms with van der Waals surface area (Å²) in [6.07, 6.45) is -0.205. The van der Waals surface area contributed by atoms with Crippen LogP contribution in [0, 0.1) is 0 Å². The Morgan fingerprint density at radius 3 is 2.41 bits per heavy atom. The van der Waals surface area contributed by atoms with Gasteiger partial charge in [-0.1, -0.05) is 42.8 Å². The molecule has 0 unspecified atom stereocenters. The van der Waals surface area contributed by atoms with Gasteiger partial charge in [0, 0.05) is 11.1 Å². The normalized spacial score (nSPS) is 11.4. The number of carbonyl (C=O) groups is 1. The molecule has 3 aromatic rings. The zero-order valence-corrected chi connectivity index (χ0v) is 17.0. The van der Waals surface area contributed by atoms with Gasteiger partial charge in [0.1, 0.15) is 17.2 Å². The maximum absolute atomic E-state index is 12.9. The molecule has 0 radical (unpaired) electrons. The molecule has 1 atom stereocenters. The van der Waals surface area contributed by atoms with Crippen LogP contribution in [0.2, 0.25) is 5.02 Å². The molecule has 3 aromatic carbocycles. The van der Waals surface area contributed by atoms with Crippen LogP contribution >= 0.6 is 11.6 Å². The average Bonchev–Trinajstić information content (AvgIpc) is 2.74. The Bertz CT molecular complexity index is 962. The van der Waals surface area contributed by atoms with E-state index in [-0.39, 0.29) is 5.91 Å². The third-order valence-corrected chi connectivity index (χ3v) is 4.39. The maximum atomic E-state index is 12.9. The molecule has 0 spiro atoms. The molecule has 0 fully saturated rings. The summed E-state index contributed by atoms with van der Waals surface area (Å²) in [5, 5.41) is 3.36. The number of methoxy groups -OCH3 is 1. The predicted octanol–water partition coefficient (Wildman–Crippen LogP) is 5.94. The van der Waals surface area contributed by atoms with Crippen molar-refractivity contribution in [3.05, 3.63) is 77.8 Å². The van der Waals surface area contributed by atoms with Gasteiger partial charge in [0.05, 0.1) is 12.8 Å². The van der Waals surface area contributed by atoms with Crippen molar-refractivity contribution in [3.8, 4) is 23.0 Å². The second-order valence-corrected chi connectivity index (χ2v) is 6.68. The topological polar surface area (TPSA) is 56.8 Å². The first-order chi connectivity index (χ1) is 14.1. The minimum atomic E-state index is -0.689. The average molecular weight is 412 g/mol. The summed E-state index contributed by atoms with van der Waals surface area (Å²) in [5.74, 6) is 2.06. The number of anilines is 1. The molecule has 0 aliphatic carbocycles. The molecule has 29 heavy (non-hydrogen) atoms. The Morgan fingerprint density at radius 2 is 1.69 bits per heavy atom. The van der Waals surface area contributed by atoms with Gasteiger partial charge < -0.3 is 19.5 Å². The third-order valence-electron chi connectivity index (χ3n) is 4.15. The Morgan fingerprint density at radius 1 is 0.966 bits per heavy atom. The number of para-hydroxylation sites is 1. The molecule has 0 heterocycles. The SMILES string of the molecule is CC[C@H](Oc1cccc(OC)c1)C(=O)Nc1cc(Cl)ccc1Oc1ccccc1. The van der Waals surface area contributed by atoms with Crippen molar-refractivity contribution in [1.82, 2.24) is 0 Å². The summed E-state index contributed by atoms with van der Waals surface area (Å²) in [6, 6.07) is 21.5. The monoisotopic (exact) mass is 411 g/mol. The van der Waals surface area contributed by atoms with Crippen LogP contribution in [-0.4, -0.2) is 19.1 Å². The number of halogens is 1. The van der Waals surface area contributed by atoms with E-state index in [2.05, 4.69) is 5.32 Å². The van der Waals surface area contributed by atoms with E-state index in [1.165, 1.54) is 0 Å². The van der Waals surface area contributed by atoms with Crippen molar-refractivity contribution in [2.24, 2.45) is 0 Å². The van der Waals surface area contributed by atoms with Gasteiger partial charge in [-0.15, -0.1) is 0 Å². The van der Waals surface area contributed by atoms with Gasteiger partial charge in [0.25, 0.3) is 5.91 Å². The second-order valence-electron chi connectivity index (χ2n) is 6.24. The number of rotatable bonds is 8. The molecule has 0 aromatic heterocycles. The first-order valence-electron chi connectivity index (χ1n) is 9.23. The van der Waals surface area contributed by atoms with E-state index in [1.54, 1.807) is 37.4 Å². The summed E-state index contributed by atoms with van der Waals surface area (Å²) in [5.41, 5.74) is 0.471. The van der Waals surface area contributed by atoms with E-state index in [4.69, 9.17) is 25.8 Å². The summed E-state index contributed by atoms with van der Waals surface area (Å²) >= 11 is 6.13. The number of benzene rings is 3. The molecule has 0 saturated heterocycles. The molecule has 5 nitrogen and oxygen atoms in total. The van der Waals surface area contributed by atoms with Crippen LogP contribution in [0.4, 0.5) is 5.69 Å². The molecule has 0 aliphatic heterocycles. The maximum Gasteiger partial charge on any atom is 0.265 e. The lowest BCUT2D eigenvalue weighted by Gasteiger charge is -2.19. The van der Waals surface area contributed by atoms with Gasteiger partial charge in [-0.25, -0.2) is 0 Å². The highest BCUT2D eigenvalue weighted by atomic mass is 35.5. The van der Waals surface area contributed by atoms with E-state index in [0.29, 0.717) is 40.1 Å². The zero-order valence-electron chi connectivity index (χ0n) is 16.2. The highest BCUT2D eigenvalue weighted by molar-refractivity contribution is 6.31. The van der Waals surface area contributed by atoms with Gasteiger partial charge in [-0.3, -0.25) is 4.79 Å². The van der Waals surface area contributed by atoms with Crippen molar-refractivity contribution in [1.29, 1.82) is 0 Å². The van der Waals surface area contributed by atoms with Gasteiger partial charge in [0.15, 0.2) is 11.9 Å². The number of ether oxygens (including phenoxy) is 3. The summed E-state index contributed by atoms with van der Waals surface area (Å²) < 4.78 is 17.0. The van der Waals surface area contributed by atoms with Gasteiger partial charge in [-0.2, -0.15) is 0 Å². The lowest BCUT2D eigenvalue weighted by molar-refractivity contribution is -0.122. The lowest BCUT2D eigenvalue weighted by atomic mass is 10.2. The highest BCUT2D eigenvalue weighted by Crippen LogP contribution is 2.32. The van der Waals surface area contributed by atoms with Crippen LogP contribution in [0.3, 0.4) is 0 Å². The third kappa shape index (κ3) is 5.65. The van der Waals surface area contributed by atoms with Crippen molar-refractivity contribution in [2.45, 2.75) is 19.4 Å². The molecule has 0 saturated carbocycles. The van der Waals surface area contributed by atoms with Crippen molar-refractivity contribution < 1.29 is 19.0 Å². The standard InChI is InChI=1S/C23H22ClNO4/c1-3-21(29-19-11-7-10-18(15-19)27-2)23(26)25-20-14-16(24)12-13-22(20)28-17-8-5-4-6-9-17/h4-15,21H,3H2,1-2H3,(H,25,26)/t21-/m0/s1. The van der Waals surface area contributed by atoms with Crippen LogP contribution in [-0.2, 0) is 4.79 Å². The van der Waals surface area contributed by atoms with Crippen LogP contribution in [0.5, 0.6) is 23.0 Å². The van der Waals surface area contributed by atoms with Crippen molar-refractivity contribution in [2.75, 3.05) is 12.4 Å². The first kappa shape index (κ1) is 20.6. The Hall–Kier alpha value is -3.18. The Labute approximate surface area is 175 Å². The van der Waals surface area contributed by atoms with E-state index >= 15 is 0 Å². The Balaban J connectivity index is 1.76. The largest absolute Gasteiger partial charge is 0.497 e. The van der Waals surface area contributed by atoms with Crippen LogP contribution in [0.15, 0.2) is 72.8 Å². The van der Waals surface area contributed by atoms with Crippen LogP contribution < -0.4 is 19.5 Å². The van der Waals surface area contributed by atoms with Crippen molar-refractivity contribution >= 4 is 23.2 Å². The Kier molecular flexibility index (Phi) is 6.98. The summed E-state index contributed by atoms with van der Waals surface area (Å²) in [7, 11) is 1.58. The van der Waals surface area contributed by atoms with Crippen molar-refractivity contribution in [3.63, 3.8) is 0 Å². The molecule has 1 amide bonds. The fraction of sp³-hybridized carbons (Fsp3) is 0.174. The molecular weight excluding hydrogens is 390 g/mol. The number of nitrogens with one attached hydrogen (secondary N) is 1. The molecular formula is C23H22ClNO4. The summed E-state index contributed by atoms with van der Waals surface area (Å²) in [4.78, 5) is 12.9. The van der Waals surface area contributed by atoms with E-state index in [0.717, 1.165) is 0 Å². The van der Waals surface area contributed by atoms with Gasteiger partial charge in [-0.05, 0) is 48.9 Å². The molecule has 0 aliphatic rings. The predicted molar refractivity (Wildman–Crippen MR) is 114 cm³/mol.